The monoisotopic (exact) mass is 379 g/mol. The molecule has 1 atom stereocenters. The second kappa shape index (κ2) is 8.03. The summed E-state index contributed by atoms with van der Waals surface area (Å²) in [5.41, 5.74) is 3.82. The molecule has 27 heavy (non-hydrogen) atoms. The molecule has 0 radical (unpaired) electrons. The van der Waals surface area contributed by atoms with Crippen LogP contribution < -0.4 is 9.80 Å². The summed E-state index contributed by atoms with van der Waals surface area (Å²) in [6.45, 7) is 4.11. The molecular formula is C23H24ClN2O+. The lowest BCUT2D eigenvalue weighted by Crippen LogP contribution is -3.15. The average Bonchev–Trinajstić information content (AvgIpc) is 2.72. The van der Waals surface area contributed by atoms with Gasteiger partial charge >= 0.3 is 0 Å². The number of benzene rings is 3. The molecule has 1 aliphatic heterocycles. The molecule has 0 bridgehead atoms. The first-order valence-corrected chi connectivity index (χ1v) is 9.77. The molecule has 0 aromatic heterocycles. The molecule has 4 heteroatoms. The Morgan fingerprint density at radius 3 is 2.00 bits per heavy atom. The van der Waals surface area contributed by atoms with Crippen molar-refractivity contribution in [2.45, 2.75) is 6.04 Å². The summed E-state index contributed by atoms with van der Waals surface area (Å²) >= 11 is 6.11. The van der Waals surface area contributed by atoms with Crippen molar-refractivity contribution in [3.05, 3.63) is 95.0 Å². The van der Waals surface area contributed by atoms with Crippen molar-refractivity contribution in [2.75, 3.05) is 31.1 Å². The van der Waals surface area contributed by atoms with Crippen molar-refractivity contribution in [3.8, 4) is 5.75 Å². The van der Waals surface area contributed by atoms with Crippen LogP contribution in [0, 0.1) is 0 Å². The fraction of sp³-hybridized carbons (Fsp3) is 0.217. The van der Waals surface area contributed by atoms with E-state index in [1.807, 2.05) is 24.3 Å². The van der Waals surface area contributed by atoms with E-state index in [1.54, 1.807) is 17.0 Å². The maximum absolute atomic E-state index is 9.51. The Morgan fingerprint density at radius 1 is 0.778 bits per heavy atom. The van der Waals surface area contributed by atoms with Gasteiger partial charge in [-0.25, -0.2) is 0 Å². The number of piperazine rings is 1. The molecule has 3 nitrogen and oxygen atoms in total. The highest BCUT2D eigenvalue weighted by Crippen LogP contribution is 2.23. The third kappa shape index (κ3) is 4.10. The SMILES string of the molecule is Oc1ccc(N2CC[NH+]([C@H](c3ccccc3)c3ccc(Cl)cc3)CC2)cc1. The van der Waals surface area contributed by atoms with Crippen LogP contribution in [0.1, 0.15) is 17.2 Å². The van der Waals surface area contributed by atoms with Crippen LogP contribution in [0.3, 0.4) is 0 Å². The summed E-state index contributed by atoms with van der Waals surface area (Å²) in [5, 5.41) is 10.3. The van der Waals surface area contributed by atoms with E-state index in [-0.39, 0.29) is 0 Å². The van der Waals surface area contributed by atoms with Gasteiger partial charge in [0.05, 0.1) is 26.2 Å². The zero-order chi connectivity index (χ0) is 18.6. The van der Waals surface area contributed by atoms with E-state index >= 15 is 0 Å². The number of hydrogen-bond donors (Lipinski definition) is 2. The van der Waals surface area contributed by atoms with Gasteiger partial charge in [0.2, 0.25) is 0 Å². The number of rotatable bonds is 4. The predicted molar refractivity (Wildman–Crippen MR) is 111 cm³/mol. The third-order valence-corrected chi connectivity index (χ3v) is 5.62. The van der Waals surface area contributed by atoms with Gasteiger partial charge in [-0.05, 0) is 36.4 Å². The van der Waals surface area contributed by atoms with E-state index in [9.17, 15) is 5.11 Å². The molecule has 0 saturated carbocycles. The molecule has 1 fully saturated rings. The van der Waals surface area contributed by atoms with Gasteiger partial charge in [-0.1, -0.05) is 54.1 Å². The fourth-order valence-electron chi connectivity index (χ4n) is 3.97. The van der Waals surface area contributed by atoms with Gasteiger partial charge < -0.3 is 14.9 Å². The quantitative estimate of drug-likeness (QED) is 0.725. The number of nitrogens with one attached hydrogen (secondary N) is 1. The minimum absolute atomic E-state index is 0.311. The van der Waals surface area contributed by atoms with E-state index in [0.717, 1.165) is 31.2 Å². The lowest BCUT2D eigenvalue weighted by atomic mass is 9.96. The topological polar surface area (TPSA) is 27.9 Å². The van der Waals surface area contributed by atoms with Crippen molar-refractivity contribution in [1.29, 1.82) is 0 Å². The Bertz CT molecular complexity index is 857. The van der Waals surface area contributed by atoms with Crippen molar-refractivity contribution in [1.82, 2.24) is 0 Å². The van der Waals surface area contributed by atoms with Crippen LogP contribution in [0.25, 0.3) is 0 Å². The minimum Gasteiger partial charge on any atom is -0.508 e. The van der Waals surface area contributed by atoms with Crippen molar-refractivity contribution < 1.29 is 10.0 Å². The fourth-order valence-corrected chi connectivity index (χ4v) is 4.09. The average molecular weight is 380 g/mol. The molecule has 1 heterocycles. The summed E-state index contributed by atoms with van der Waals surface area (Å²) in [6.07, 6.45) is 0. The van der Waals surface area contributed by atoms with Gasteiger partial charge in [0.25, 0.3) is 0 Å². The van der Waals surface area contributed by atoms with Gasteiger partial charge in [0, 0.05) is 21.8 Å². The van der Waals surface area contributed by atoms with Crippen LogP contribution in [0.4, 0.5) is 5.69 Å². The number of phenolic OH excluding ortho intramolecular Hbond substituents is 1. The molecule has 0 spiro atoms. The summed E-state index contributed by atoms with van der Waals surface area (Å²) < 4.78 is 0. The number of quaternary nitrogens is 1. The number of nitrogens with zero attached hydrogens (tertiary/aromatic N) is 1. The number of halogens is 1. The Balaban J connectivity index is 1.55. The summed E-state index contributed by atoms with van der Waals surface area (Å²) in [7, 11) is 0. The lowest BCUT2D eigenvalue weighted by molar-refractivity contribution is -0.926. The molecule has 0 unspecified atom stereocenters. The first kappa shape index (κ1) is 17.9. The highest BCUT2D eigenvalue weighted by Gasteiger charge is 2.30. The summed E-state index contributed by atoms with van der Waals surface area (Å²) in [4.78, 5) is 3.96. The van der Waals surface area contributed by atoms with Gasteiger partial charge in [0.1, 0.15) is 11.8 Å². The maximum atomic E-state index is 9.51. The number of hydrogen-bond acceptors (Lipinski definition) is 2. The Labute approximate surface area is 165 Å². The second-order valence-electron chi connectivity index (χ2n) is 7.06. The number of aromatic hydroxyl groups is 1. The molecule has 0 amide bonds. The van der Waals surface area contributed by atoms with Crippen LogP contribution in [-0.4, -0.2) is 31.3 Å². The molecular weight excluding hydrogens is 356 g/mol. The Kier molecular flexibility index (Phi) is 5.33. The smallest absolute Gasteiger partial charge is 0.139 e. The van der Waals surface area contributed by atoms with E-state index in [4.69, 9.17) is 11.6 Å². The number of phenols is 1. The van der Waals surface area contributed by atoms with E-state index in [2.05, 4.69) is 47.4 Å². The molecule has 3 aromatic rings. The van der Waals surface area contributed by atoms with E-state index < -0.39 is 0 Å². The maximum Gasteiger partial charge on any atom is 0.139 e. The number of anilines is 1. The molecule has 1 aliphatic rings. The molecule has 3 aromatic carbocycles. The van der Waals surface area contributed by atoms with E-state index in [1.165, 1.54) is 16.8 Å². The molecule has 138 valence electrons. The van der Waals surface area contributed by atoms with Crippen LogP contribution >= 0.6 is 11.6 Å². The standard InChI is InChI=1S/C23H23ClN2O/c24-20-8-6-19(7-9-20)23(18-4-2-1-3-5-18)26-16-14-25(15-17-26)21-10-12-22(27)13-11-21/h1-13,23,27H,14-17H2/p+1/t23-/m1/s1. The largest absolute Gasteiger partial charge is 0.508 e. The zero-order valence-electron chi connectivity index (χ0n) is 15.2. The van der Waals surface area contributed by atoms with Gasteiger partial charge in [-0.2, -0.15) is 0 Å². The van der Waals surface area contributed by atoms with Crippen LogP contribution in [0.5, 0.6) is 5.75 Å². The van der Waals surface area contributed by atoms with E-state index in [0.29, 0.717) is 11.8 Å². The Morgan fingerprint density at radius 2 is 1.37 bits per heavy atom. The zero-order valence-corrected chi connectivity index (χ0v) is 15.9. The normalized spacial score (nSPS) is 16.3. The first-order valence-electron chi connectivity index (χ1n) is 9.40. The predicted octanol–water partition coefficient (Wildman–Crippen LogP) is 3.54. The molecule has 2 N–H and O–H groups in total. The second-order valence-corrected chi connectivity index (χ2v) is 7.49. The van der Waals surface area contributed by atoms with Crippen LogP contribution in [0.2, 0.25) is 5.02 Å². The van der Waals surface area contributed by atoms with Gasteiger partial charge in [0.15, 0.2) is 0 Å². The van der Waals surface area contributed by atoms with Gasteiger partial charge in [-0.3, -0.25) is 0 Å². The van der Waals surface area contributed by atoms with Crippen LogP contribution in [-0.2, 0) is 0 Å². The molecule has 4 rings (SSSR count). The molecule has 1 saturated heterocycles. The summed E-state index contributed by atoms with van der Waals surface area (Å²) in [5.74, 6) is 0.315. The highest BCUT2D eigenvalue weighted by molar-refractivity contribution is 6.30. The lowest BCUT2D eigenvalue weighted by Gasteiger charge is -2.38. The van der Waals surface area contributed by atoms with Crippen molar-refractivity contribution in [3.63, 3.8) is 0 Å². The third-order valence-electron chi connectivity index (χ3n) is 5.37. The van der Waals surface area contributed by atoms with Gasteiger partial charge in [-0.15, -0.1) is 0 Å². The summed E-state index contributed by atoms with van der Waals surface area (Å²) in [6, 6.07) is 26.8. The Hall–Kier alpha value is -2.49. The minimum atomic E-state index is 0.311. The van der Waals surface area contributed by atoms with Crippen molar-refractivity contribution in [2.24, 2.45) is 0 Å². The molecule has 0 aliphatic carbocycles. The highest BCUT2D eigenvalue weighted by atomic mass is 35.5. The van der Waals surface area contributed by atoms with Crippen LogP contribution in [0.15, 0.2) is 78.9 Å². The van der Waals surface area contributed by atoms with Crippen molar-refractivity contribution >= 4 is 17.3 Å². The first-order chi connectivity index (χ1) is 13.2.